The summed E-state index contributed by atoms with van der Waals surface area (Å²) in [6.45, 7) is 5.75. The third-order valence-electron chi connectivity index (χ3n) is 5.48. The minimum absolute atomic E-state index is 0.109. The van der Waals surface area contributed by atoms with Gasteiger partial charge in [-0.1, -0.05) is 24.3 Å². The van der Waals surface area contributed by atoms with Crippen molar-refractivity contribution in [2.45, 2.75) is 32.7 Å². The molecule has 3 aromatic rings. The van der Waals surface area contributed by atoms with Gasteiger partial charge in [-0.25, -0.2) is 4.68 Å². The Bertz CT molecular complexity index is 969. The summed E-state index contributed by atoms with van der Waals surface area (Å²) in [5.74, 6) is 0.147. The Morgan fingerprint density at radius 3 is 2.76 bits per heavy atom. The second-order valence-corrected chi connectivity index (χ2v) is 7.37. The Morgan fingerprint density at radius 1 is 1.17 bits per heavy atom. The number of ether oxygens (including phenoxy) is 1. The highest BCUT2D eigenvalue weighted by atomic mass is 16.5. The average Bonchev–Trinajstić information content (AvgIpc) is 3.07. The van der Waals surface area contributed by atoms with Gasteiger partial charge in [0, 0.05) is 36.6 Å². The fourth-order valence-corrected chi connectivity index (χ4v) is 4.04. The molecule has 1 aliphatic rings. The molecule has 0 spiro atoms. The van der Waals surface area contributed by atoms with Crippen LogP contribution in [0.4, 0.5) is 0 Å². The van der Waals surface area contributed by atoms with Gasteiger partial charge in [-0.2, -0.15) is 5.10 Å². The third kappa shape index (κ3) is 4.07. The molecule has 6 nitrogen and oxygen atoms in total. The molecule has 150 valence electrons. The van der Waals surface area contributed by atoms with Crippen LogP contribution in [0.15, 0.2) is 54.9 Å². The maximum atomic E-state index is 13.1. The van der Waals surface area contributed by atoms with Crippen molar-refractivity contribution in [2.24, 2.45) is 0 Å². The van der Waals surface area contributed by atoms with E-state index < -0.39 is 0 Å². The van der Waals surface area contributed by atoms with Crippen molar-refractivity contribution >= 4 is 5.91 Å². The van der Waals surface area contributed by atoms with Gasteiger partial charge in [-0.3, -0.25) is 9.78 Å². The molecule has 1 amide bonds. The van der Waals surface area contributed by atoms with E-state index in [4.69, 9.17) is 9.84 Å². The quantitative estimate of drug-likeness (QED) is 0.670. The maximum absolute atomic E-state index is 13.1. The first-order valence-electron chi connectivity index (χ1n) is 10.0. The Balaban J connectivity index is 1.58. The van der Waals surface area contributed by atoms with Gasteiger partial charge >= 0.3 is 0 Å². The number of amides is 1. The average molecular weight is 390 g/mol. The van der Waals surface area contributed by atoms with E-state index in [1.165, 1.54) is 0 Å². The van der Waals surface area contributed by atoms with Crippen LogP contribution >= 0.6 is 0 Å². The number of aryl methyl sites for hydroxylation is 2. The van der Waals surface area contributed by atoms with Crippen LogP contribution in [-0.2, 0) is 16.0 Å². The smallest absolute Gasteiger partial charge is 0.223 e. The number of aromatic nitrogens is 3. The zero-order valence-electron chi connectivity index (χ0n) is 16.9. The first-order valence-corrected chi connectivity index (χ1v) is 10.0. The largest absolute Gasteiger partial charge is 0.377 e. The molecule has 1 atom stereocenters. The predicted octanol–water partition coefficient (Wildman–Crippen LogP) is 3.42. The minimum atomic E-state index is -0.109. The molecule has 29 heavy (non-hydrogen) atoms. The van der Waals surface area contributed by atoms with E-state index in [9.17, 15) is 4.79 Å². The molecular formula is C23H26N4O2. The standard InChI is InChI=1S/C23H26N4O2/c1-17-23(18(2)27(25-17)20-8-4-3-5-9-20)21-16-29-14-13-26(21)22(28)11-10-19-7-6-12-24-15-19/h3-9,12,15,21H,10-11,13-14,16H2,1-2H3/t21-/m0/s1. The molecule has 3 heterocycles. The first-order chi connectivity index (χ1) is 14.1. The lowest BCUT2D eigenvalue weighted by Gasteiger charge is -2.36. The van der Waals surface area contributed by atoms with Crippen LogP contribution in [0.2, 0.25) is 0 Å². The van der Waals surface area contributed by atoms with Crippen molar-refractivity contribution < 1.29 is 9.53 Å². The van der Waals surface area contributed by atoms with E-state index in [-0.39, 0.29) is 11.9 Å². The van der Waals surface area contributed by atoms with Crippen molar-refractivity contribution in [3.63, 3.8) is 0 Å². The summed E-state index contributed by atoms with van der Waals surface area (Å²) >= 11 is 0. The van der Waals surface area contributed by atoms with Crippen LogP contribution < -0.4 is 0 Å². The van der Waals surface area contributed by atoms with Gasteiger partial charge in [0.1, 0.15) is 0 Å². The Kier molecular flexibility index (Phi) is 5.71. The van der Waals surface area contributed by atoms with E-state index >= 15 is 0 Å². The van der Waals surface area contributed by atoms with Gasteiger partial charge in [0.05, 0.1) is 30.6 Å². The summed E-state index contributed by atoms with van der Waals surface area (Å²) in [5.41, 5.74) is 5.17. The van der Waals surface area contributed by atoms with Crippen molar-refractivity contribution in [1.82, 2.24) is 19.7 Å². The van der Waals surface area contributed by atoms with E-state index in [0.29, 0.717) is 32.6 Å². The number of hydrogen-bond donors (Lipinski definition) is 0. The summed E-state index contributed by atoms with van der Waals surface area (Å²) in [6.07, 6.45) is 4.73. The molecular weight excluding hydrogens is 364 g/mol. The maximum Gasteiger partial charge on any atom is 0.223 e. The lowest BCUT2D eigenvalue weighted by atomic mass is 10.0. The Labute approximate surface area is 171 Å². The molecule has 0 saturated carbocycles. The molecule has 1 aliphatic heterocycles. The van der Waals surface area contributed by atoms with Crippen molar-refractivity contribution in [3.8, 4) is 5.69 Å². The first kappa shape index (κ1) is 19.3. The number of pyridine rings is 1. The van der Waals surface area contributed by atoms with E-state index in [0.717, 1.165) is 28.2 Å². The molecule has 6 heteroatoms. The summed E-state index contributed by atoms with van der Waals surface area (Å²) in [7, 11) is 0. The van der Waals surface area contributed by atoms with Gasteiger partial charge in [0.15, 0.2) is 0 Å². The fourth-order valence-electron chi connectivity index (χ4n) is 4.04. The van der Waals surface area contributed by atoms with Gasteiger partial charge in [-0.05, 0) is 44.0 Å². The van der Waals surface area contributed by atoms with Gasteiger partial charge in [0.2, 0.25) is 5.91 Å². The minimum Gasteiger partial charge on any atom is -0.377 e. The third-order valence-corrected chi connectivity index (χ3v) is 5.48. The number of carbonyl (C=O) groups is 1. The van der Waals surface area contributed by atoms with Crippen LogP contribution in [0.3, 0.4) is 0 Å². The zero-order chi connectivity index (χ0) is 20.2. The van der Waals surface area contributed by atoms with Gasteiger partial charge in [0.25, 0.3) is 0 Å². The van der Waals surface area contributed by atoms with Crippen LogP contribution in [0.5, 0.6) is 0 Å². The summed E-state index contributed by atoms with van der Waals surface area (Å²) < 4.78 is 7.72. The van der Waals surface area contributed by atoms with Crippen LogP contribution in [0.25, 0.3) is 5.69 Å². The van der Waals surface area contributed by atoms with Gasteiger partial charge < -0.3 is 9.64 Å². The zero-order valence-corrected chi connectivity index (χ0v) is 16.9. The molecule has 1 aromatic carbocycles. The molecule has 0 aliphatic carbocycles. The van der Waals surface area contributed by atoms with Crippen molar-refractivity contribution in [2.75, 3.05) is 19.8 Å². The normalized spacial score (nSPS) is 16.8. The molecule has 1 fully saturated rings. The number of hydrogen-bond acceptors (Lipinski definition) is 4. The topological polar surface area (TPSA) is 60.2 Å². The number of nitrogens with zero attached hydrogens (tertiary/aromatic N) is 4. The molecule has 0 radical (unpaired) electrons. The second-order valence-electron chi connectivity index (χ2n) is 7.37. The van der Waals surface area contributed by atoms with E-state index in [2.05, 4.69) is 11.9 Å². The van der Waals surface area contributed by atoms with E-state index in [1.807, 2.05) is 65.2 Å². The Morgan fingerprint density at radius 2 is 2.00 bits per heavy atom. The monoisotopic (exact) mass is 390 g/mol. The summed E-state index contributed by atoms with van der Waals surface area (Å²) in [4.78, 5) is 19.2. The molecule has 0 N–H and O–H groups in total. The summed E-state index contributed by atoms with van der Waals surface area (Å²) in [6, 6.07) is 13.9. The Hall–Kier alpha value is -2.99. The van der Waals surface area contributed by atoms with Crippen LogP contribution in [-0.4, -0.2) is 45.3 Å². The predicted molar refractivity (Wildman–Crippen MR) is 111 cm³/mol. The fraction of sp³-hybridized carbons (Fsp3) is 0.348. The van der Waals surface area contributed by atoms with Crippen LogP contribution in [0.1, 0.15) is 35.0 Å². The highest BCUT2D eigenvalue weighted by molar-refractivity contribution is 5.77. The van der Waals surface area contributed by atoms with Crippen LogP contribution in [0, 0.1) is 13.8 Å². The highest BCUT2D eigenvalue weighted by Gasteiger charge is 2.32. The number of carbonyl (C=O) groups excluding carboxylic acids is 1. The molecule has 4 rings (SSSR count). The van der Waals surface area contributed by atoms with E-state index in [1.54, 1.807) is 6.20 Å². The summed E-state index contributed by atoms with van der Waals surface area (Å²) in [5, 5.41) is 4.76. The number of benzene rings is 1. The molecule has 0 bridgehead atoms. The SMILES string of the molecule is Cc1nn(-c2ccccc2)c(C)c1[C@@H]1COCCN1C(=O)CCc1cccnc1. The lowest BCUT2D eigenvalue weighted by Crippen LogP contribution is -2.43. The van der Waals surface area contributed by atoms with Gasteiger partial charge in [-0.15, -0.1) is 0 Å². The molecule has 0 unspecified atom stereocenters. The van der Waals surface area contributed by atoms with Crippen molar-refractivity contribution in [3.05, 3.63) is 77.4 Å². The second kappa shape index (κ2) is 8.57. The highest BCUT2D eigenvalue weighted by Crippen LogP contribution is 2.31. The number of para-hydroxylation sites is 1. The lowest BCUT2D eigenvalue weighted by molar-refractivity contribution is -0.140. The molecule has 2 aromatic heterocycles. The number of morpholine rings is 1. The molecule has 1 saturated heterocycles. The van der Waals surface area contributed by atoms with Crippen molar-refractivity contribution in [1.29, 1.82) is 0 Å². The number of rotatable bonds is 5.